The van der Waals surface area contributed by atoms with Crippen LogP contribution in [0, 0.1) is 5.92 Å². The molecule has 14 heavy (non-hydrogen) atoms. The smallest absolute Gasteiger partial charge is 0.147 e. The van der Waals surface area contributed by atoms with E-state index < -0.39 is 9.84 Å². The molecular weight excluding hydrogens is 204 g/mol. The Labute approximate surface area is 83.5 Å². The number of hydrogen-bond acceptors (Lipinski definition) is 4. The van der Waals surface area contributed by atoms with Crippen LogP contribution in [0.15, 0.2) is 22.8 Å². The first kappa shape index (κ1) is 11.3. The lowest BCUT2D eigenvalue weighted by molar-refractivity contribution is 0.232. The van der Waals surface area contributed by atoms with Crippen LogP contribution in [0.5, 0.6) is 0 Å². The molecule has 1 N–H and O–H groups in total. The summed E-state index contributed by atoms with van der Waals surface area (Å²) in [6.07, 6.45) is 3.15. The van der Waals surface area contributed by atoms with Crippen molar-refractivity contribution in [3.05, 3.63) is 24.2 Å². The minimum atomic E-state index is -3.04. The van der Waals surface area contributed by atoms with Gasteiger partial charge in [0.05, 0.1) is 12.0 Å². The van der Waals surface area contributed by atoms with Crippen molar-refractivity contribution < 1.29 is 17.9 Å². The van der Waals surface area contributed by atoms with Gasteiger partial charge in [0.2, 0.25) is 0 Å². The first-order valence-electron chi connectivity index (χ1n) is 4.32. The molecule has 1 aromatic rings. The molecule has 0 saturated carbocycles. The molecule has 0 aliphatic rings. The van der Waals surface area contributed by atoms with Gasteiger partial charge in [0.15, 0.2) is 0 Å². The zero-order chi connectivity index (χ0) is 10.6. The second-order valence-electron chi connectivity index (χ2n) is 3.42. The summed E-state index contributed by atoms with van der Waals surface area (Å²) in [6.45, 7) is -0.145. The SMILES string of the molecule is CS(=O)(=O)CC(CO)Cc1ccco1. The van der Waals surface area contributed by atoms with Crippen molar-refractivity contribution in [3.63, 3.8) is 0 Å². The van der Waals surface area contributed by atoms with Gasteiger partial charge in [-0.2, -0.15) is 0 Å². The highest BCUT2D eigenvalue weighted by molar-refractivity contribution is 7.90. The monoisotopic (exact) mass is 218 g/mol. The van der Waals surface area contributed by atoms with Crippen LogP contribution in [0.4, 0.5) is 0 Å². The second-order valence-corrected chi connectivity index (χ2v) is 5.61. The van der Waals surface area contributed by atoms with Crippen molar-refractivity contribution >= 4 is 9.84 Å². The minimum absolute atomic E-state index is 0.00972. The van der Waals surface area contributed by atoms with Crippen LogP contribution in [-0.2, 0) is 16.3 Å². The maximum atomic E-state index is 11.0. The summed E-state index contributed by atoms with van der Waals surface area (Å²) in [5, 5.41) is 8.98. The van der Waals surface area contributed by atoms with Crippen LogP contribution in [0.1, 0.15) is 5.76 Å². The first-order valence-corrected chi connectivity index (χ1v) is 6.38. The molecule has 0 aromatic carbocycles. The van der Waals surface area contributed by atoms with Crippen molar-refractivity contribution in [1.82, 2.24) is 0 Å². The molecular formula is C9H14O4S. The van der Waals surface area contributed by atoms with Crippen molar-refractivity contribution in [3.8, 4) is 0 Å². The zero-order valence-electron chi connectivity index (χ0n) is 8.01. The highest BCUT2D eigenvalue weighted by atomic mass is 32.2. The molecule has 0 fully saturated rings. The highest BCUT2D eigenvalue weighted by Crippen LogP contribution is 2.10. The third-order valence-corrected chi connectivity index (χ3v) is 2.94. The van der Waals surface area contributed by atoms with Crippen molar-refractivity contribution in [2.24, 2.45) is 5.92 Å². The normalized spacial score (nSPS) is 14.1. The average Bonchev–Trinajstić information content (AvgIpc) is 2.53. The Morgan fingerprint density at radius 2 is 2.29 bits per heavy atom. The third kappa shape index (κ3) is 3.93. The Hall–Kier alpha value is -0.810. The maximum Gasteiger partial charge on any atom is 0.147 e. The standard InChI is InChI=1S/C9H14O4S/c1-14(11,12)7-8(6-10)5-9-3-2-4-13-9/h2-4,8,10H,5-7H2,1H3. The fraction of sp³-hybridized carbons (Fsp3) is 0.556. The molecule has 80 valence electrons. The van der Waals surface area contributed by atoms with Gasteiger partial charge in [-0.3, -0.25) is 0 Å². The van der Waals surface area contributed by atoms with E-state index in [2.05, 4.69) is 0 Å². The minimum Gasteiger partial charge on any atom is -0.469 e. The predicted molar refractivity (Wildman–Crippen MR) is 52.7 cm³/mol. The molecule has 0 bridgehead atoms. The van der Waals surface area contributed by atoms with Crippen molar-refractivity contribution in [2.45, 2.75) is 6.42 Å². The third-order valence-electron chi connectivity index (χ3n) is 1.87. The summed E-state index contributed by atoms with van der Waals surface area (Å²) in [6, 6.07) is 3.51. The van der Waals surface area contributed by atoms with Gasteiger partial charge in [0, 0.05) is 25.2 Å². The average molecular weight is 218 g/mol. The van der Waals surface area contributed by atoms with E-state index in [1.54, 1.807) is 12.1 Å². The van der Waals surface area contributed by atoms with Gasteiger partial charge >= 0.3 is 0 Å². The van der Waals surface area contributed by atoms with Crippen LogP contribution in [0.2, 0.25) is 0 Å². The lowest BCUT2D eigenvalue weighted by Gasteiger charge is -2.10. The molecule has 5 heteroatoms. The van der Waals surface area contributed by atoms with E-state index in [1.165, 1.54) is 6.26 Å². The summed E-state index contributed by atoms with van der Waals surface area (Å²) >= 11 is 0. The van der Waals surface area contributed by atoms with E-state index in [4.69, 9.17) is 9.52 Å². The van der Waals surface area contributed by atoms with E-state index in [0.29, 0.717) is 12.2 Å². The molecule has 0 amide bonds. The van der Waals surface area contributed by atoms with E-state index in [0.717, 1.165) is 6.26 Å². The van der Waals surface area contributed by atoms with Gasteiger partial charge in [-0.1, -0.05) is 0 Å². The van der Waals surface area contributed by atoms with E-state index in [1.807, 2.05) is 0 Å². The van der Waals surface area contributed by atoms with Gasteiger partial charge in [0.1, 0.15) is 15.6 Å². The largest absolute Gasteiger partial charge is 0.469 e. The topological polar surface area (TPSA) is 67.5 Å². The molecule has 1 heterocycles. The summed E-state index contributed by atoms with van der Waals surface area (Å²) in [5.74, 6) is 0.411. The molecule has 0 aliphatic carbocycles. The fourth-order valence-electron chi connectivity index (χ4n) is 1.32. The van der Waals surface area contributed by atoms with Crippen LogP contribution in [0.3, 0.4) is 0 Å². The Bertz CT molecular complexity index is 352. The predicted octanol–water partition coefficient (Wildman–Crippen LogP) is 0.475. The molecule has 0 radical (unpaired) electrons. The Balaban J connectivity index is 2.56. The van der Waals surface area contributed by atoms with Crippen molar-refractivity contribution in [1.29, 1.82) is 0 Å². The Morgan fingerprint density at radius 3 is 2.71 bits per heavy atom. The second kappa shape index (κ2) is 4.61. The van der Waals surface area contributed by atoms with Gasteiger partial charge in [-0.05, 0) is 12.1 Å². The number of sulfone groups is 1. The number of aliphatic hydroxyl groups is 1. The van der Waals surface area contributed by atoms with Gasteiger partial charge in [0.25, 0.3) is 0 Å². The molecule has 1 unspecified atom stereocenters. The molecule has 1 rings (SSSR count). The Kier molecular flexibility index (Phi) is 3.71. The summed E-state index contributed by atoms with van der Waals surface area (Å²) in [7, 11) is -3.04. The number of furan rings is 1. The summed E-state index contributed by atoms with van der Waals surface area (Å²) in [4.78, 5) is 0. The van der Waals surface area contributed by atoms with Gasteiger partial charge in [-0.15, -0.1) is 0 Å². The van der Waals surface area contributed by atoms with Crippen LogP contribution in [-0.4, -0.2) is 32.1 Å². The van der Waals surface area contributed by atoms with Crippen molar-refractivity contribution in [2.75, 3.05) is 18.6 Å². The first-order chi connectivity index (χ1) is 6.51. The zero-order valence-corrected chi connectivity index (χ0v) is 8.83. The number of rotatable bonds is 5. The highest BCUT2D eigenvalue weighted by Gasteiger charge is 2.16. The molecule has 4 nitrogen and oxygen atoms in total. The van der Waals surface area contributed by atoms with E-state index in [-0.39, 0.29) is 18.3 Å². The lowest BCUT2D eigenvalue weighted by atomic mass is 10.1. The quantitative estimate of drug-likeness (QED) is 0.780. The molecule has 1 atom stereocenters. The lowest BCUT2D eigenvalue weighted by Crippen LogP contribution is -2.20. The molecule has 0 saturated heterocycles. The maximum absolute atomic E-state index is 11.0. The van der Waals surface area contributed by atoms with E-state index >= 15 is 0 Å². The fourth-order valence-corrected chi connectivity index (χ4v) is 2.40. The number of aliphatic hydroxyl groups excluding tert-OH is 1. The van der Waals surface area contributed by atoms with E-state index in [9.17, 15) is 8.42 Å². The van der Waals surface area contributed by atoms with Crippen LogP contribution in [0.25, 0.3) is 0 Å². The Morgan fingerprint density at radius 1 is 1.57 bits per heavy atom. The van der Waals surface area contributed by atoms with Crippen LogP contribution >= 0.6 is 0 Å². The van der Waals surface area contributed by atoms with Crippen LogP contribution < -0.4 is 0 Å². The van der Waals surface area contributed by atoms with Gasteiger partial charge in [-0.25, -0.2) is 8.42 Å². The summed E-state index contributed by atoms with van der Waals surface area (Å²) < 4.78 is 27.0. The van der Waals surface area contributed by atoms with Gasteiger partial charge < -0.3 is 9.52 Å². The molecule has 1 aromatic heterocycles. The summed E-state index contributed by atoms with van der Waals surface area (Å²) in [5.41, 5.74) is 0. The number of hydrogen-bond donors (Lipinski definition) is 1. The molecule has 0 spiro atoms. The molecule has 0 aliphatic heterocycles.